The van der Waals surface area contributed by atoms with Gasteiger partial charge in [0.05, 0.1) is 11.4 Å². The lowest BCUT2D eigenvalue weighted by Crippen LogP contribution is -2.46. The number of hydrogen-bond acceptors (Lipinski definition) is 2. The molecule has 3 heteroatoms. The molecule has 0 radical (unpaired) electrons. The van der Waals surface area contributed by atoms with E-state index in [1.165, 1.54) is 19.3 Å². The molecule has 0 amide bonds. The van der Waals surface area contributed by atoms with Crippen LogP contribution in [0.25, 0.3) is 0 Å². The molecule has 126 valence electrons. The second kappa shape index (κ2) is 8.46. The summed E-state index contributed by atoms with van der Waals surface area (Å²) < 4.78 is 0. The lowest BCUT2D eigenvalue weighted by atomic mass is 9.91. The molecule has 0 spiro atoms. The number of alkyl halides is 1. The number of benzene rings is 2. The predicted molar refractivity (Wildman–Crippen MR) is 99.6 cm³/mol. The predicted octanol–water partition coefficient (Wildman–Crippen LogP) is 5.14. The molecule has 1 aliphatic rings. The van der Waals surface area contributed by atoms with Crippen molar-refractivity contribution < 1.29 is 4.79 Å². The Labute approximate surface area is 149 Å². The van der Waals surface area contributed by atoms with Crippen molar-refractivity contribution in [3.8, 4) is 0 Å². The maximum absolute atomic E-state index is 13.1. The van der Waals surface area contributed by atoms with E-state index in [0.29, 0.717) is 11.6 Å². The molecule has 3 rings (SSSR count). The van der Waals surface area contributed by atoms with Crippen molar-refractivity contribution in [3.63, 3.8) is 0 Å². The SMILES string of the molecule is O=C(c1ccccc1)[C@@H](NC1CCCCC1)[C@@H](Cl)c1ccccc1. The minimum absolute atomic E-state index is 0.0741. The number of Topliss-reactive ketones (excluding diaryl/α,β-unsaturated/α-hetero) is 1. The summed E-state index contributed by atoms with van der Waals surface area (Å²) in [6.07, 6.45) is 5.98. The van der Waals surface area contributed by atoms with Crippen LogP contribution in [0.1, 0.15) is 53.4 Å². The highest BCUT2D eigenvalue weighted by atomic mass is 35.5. The van der Waals surface area contributed by atoms with Crippen LogP contribution in [0.5, 0.6) is 0 Å². The van der Waals surface area contributed by atoms with Crippen LogP contribution in [-0.4, -0.2) is 17.9 Å². The fourth-order valence-electron chi connectivity index (χ4n) is 3.43. The smallest absolute Gasteiger partial charge is 0.181 e. The standard InChI is InChI=1S/C21H24ClNO/c22-19(16-10-4-1-5-11-16)20(23-18-14-8-3-9-15-18)21(24)17-12-6-2-7-13-17/h1-2,4-7,10-13,18-20,23H,3,8-9,14-15H2/t19-,20-/m0/s1. The van der Waals surface area contributed by atoms with Crippen LogP contribution in [0.4, 0.5) is 0 Å². The topological polar surface area (TPSA) is 29.1 Å². The fourth-order valence-corrected chi connectivity index (χ4v) is 3.76. The first-order chi connectivity index (χ1) is 11.8. The number of hydrogen-bond donors (Lipinski definition) is 1. The third-order valence-corrected chi connectivity index (χ3v) is 5.28. The maximum Gasteiger partial charge on any atom is 0.181 e. The Hall–Kier alpha value is -1.64. The second-order valence-corrected chi connectivity index (χ2v) is 6.99. The molecule has 1 fully saturated rings. The highest BCUT2D eigenvalue weighted by Gasteiger charge is 2.31. The van der Waals surface area contributed by atoms with Gasteiger partial charge >= 0.3 is 0 Å². The van der Waals surface area contributed by atoms with E-state index in [1.54, 1.807) is 0 Å². The molecule has 1 aliphatic carbocycles. The van der Waals surface area contributed by atoms with Gasteiger partial charge in [-0.15, -0.1) is 11.6 Å². The third-order valence-electron chi connectivity index (χ3n) is 4.77. The quantitative estimate of drug-likeness (QED) is 0.582. The molecule has 0 saturated heterocycles. The molecule has 0 heterocycles. The zero-order valence-electron chi connectivity index (χ0n) is 13.8. The number of nitrogens with one attached hydrogen (secondary N) is 1. The van der Waals surface area contributed by atoms with Gasteiger partial charge in [0.2, 0.25) is 0 Å². The molecular formula is C21H24ClNO. The van der Waals surface area contributed by atoms with Gasteiger partial charge in [0.25, 0.3) is 0 Å². The summed E-state index contributed by atoms with van der Waals surface area (Å²) in [5.74, 6) is 0.0741. The van der Waals surface area contributed by atoms with E-state index in [1.807, 2.05) is 60.7 Å². The Morgan fingerprint density at radius 3 is 2.12 bits per heavy atom. The van der Waals surface area contributed by atoms with Crippen LogP contribution >= 0.6 is 11.6 Å². The van der Waals surface area contributed by atoms with E-state index in [0.717, 1.165) is 18.4 Å². The number of carbonyl (C=O) groups is 1. The first-order valence-corrected chi connectivity index (χ1v) is 9.23. The summed E-state index contributed by atoms with van der Waals surface area (Å²) in [5, 5.41) is 3.20. The van der Waals surface area contributed by atoms with Crippen LogP contribution in [0, 0.1) is 0 Å². The fraction of sp³-hybridized carbons (Fsp3) is 0.381. The van der Waals surface area contributed by atoms with Crippen molar-refractivity contribution in [2.45, 2.75) is 49.6 Å². The molecule has 0 aliphatic heterocycles. The van der Waals surface area contributed by atoms with Crippen molar-refractivity contribution in [1.82, 2.24) is 5.32 Å². The second-order valence-electron chi connectivity index (χ2n) is 6.52. The lowest BCUT2D eigenvalue weighted by Gasteiger charge is -2.30. The van der Waals surface area contributed by atoms with Gasteiger partial charge in [-0.2, -0.15) is 0 Å². The zero-order valence-corrected chi connectivity index (χ0v) is 14.6. The van der Waals surface area contributed by atoms with Crippen molar-refractivity contribution >= 4 is 17.4 Å². The Bertz CT molecular complexity index is 637. The van der Waals surface area contributed by atoms with Crippen LogP contribution in [0.15, 0.2) is 60.7 Å². The molecule has 2 aromatic carbocycles. The molecule has 0 unspecified atom stereocenters. The highest BCUT2D eigenvalue weighted by molar-refractivity contribution is 6.24. The molecular weight excluding hydrogens is 318 g/mol. The van der Waals surface area contributed by atoms with Crippen molar-refractivity contribution in [3.05, 3.63) is 71.8 Å². The third kappa shape index (κ3) is 4.25. The molecule has 0 aromatic heterocycles. The van der Waals surface area contributed by atoms with Crippen LogP contribution in [0.3, 0.4) is 0 Å². The van der Waals surface area contributed by atoms with Crippen molar-refractivity contribution in [2.75, 3.05) is 0 Å². The van der Waals surface area contributed by atoms with E-state index in [2.05, 4.69) is 5.32 Å². The van der Waals surface area contributed by atoms with Crippen molar-refractivity contribution in [1.29, 1.82) is 0 Å². The van der Waals surface area contributed by atoms with Gasteiger partial charge < -0.3 is 5.32 Å². The molecule has 1 saturated carbocycles. The van der Waals surface area contributed by atoms with Gasteiger partial charge in [-0.3, -0.25) is 4.79 Å². The van der Waals surface area contributed by atoms with Crippen LogP contribution < -0.4 is 5.32 Å². The lowest BCUT2D eigenvalue weighted by molar-refractivity contribution is 0.0928. The summed E-state index contributed by atoms with van der Waals surface area (Å²) in [7, 11) is 0. The van der Waals surface area contributed by atoms with Gasteiger partial charge in [0, 0.05) is 11.6 Å². The summed E-state index contributed by atoms with van der Waals surface area (Å²) in [4.78, 5) is 13.1. The molecule has 2 atom stereocenters. The van der Waals surface area contributed by atoms with Gasteiger partial charge in [0.15, 0.2) is 5.78 Å². The molecule has 2 aromatic rings. The van der Waals surface area contributed by atoms with E-state index >= 15 is 0 Å². The average molecular weight is 342 g/mol. The average Bonchev–Trinajstić information content (AvgIpc) is 2.67. The molecule has 2 nitrogen and oxygen atoms in total. The molecule has 0 bridgehead atoms. The first-order valence-electron chi connectivity index (χ1n) is 8.80. The Kier molecular flexibility index (Phi) is 6.06. The van der Waals surface area contributed by atoms with E-state index < -0.39 is 6.04 Å². The number of halogens is 1. The summed E-state index contributed by atoms with van der Waals surface area (Å²) in [6.45, 7) is 0. The molecule has 1 N–H and O–H groups in total. The monoisotopic (exact) mass is 341 g/mol. The van der Waals surface area contributed by atoms with Gasteiger partial charge in [0.1, 0.15) is 0 Å². The minimum atomic E-state index is -0.403. The summed E-state index contributed by atoms with van der Waals surface area (Å²) in [5.41, 5.74) is 1.70. The highest BCUT2D eigenvalue weighted by Crippen LogP contribution is 2.28. The van der Waals surface area contributed by atoms with Gasteiger partial charge in [-0.1, -0.05) is 79.9 Å². The van der Waals surface area contributed by atoms with Crippen LogP contribution in [0.2, 0.25) is 0 Å². The van der Waals surface area contributed by atoms with E-state index in [4.69, 9.17) is 11.6 Å². The maximum atomic E-state index is 13.1. The Morgan fingerprint density at radius 1 is 0.917 bits per heavy atom. The Morgan fingerprint density at radius 2 is 1.50 bits per heavy atom. The minimum Gasteiger partial charge on any atom is -0.303 e. The van der Waals surface area contributed by atoms with Crippen LogP contribution in [-0.2, 0) is 0 Å². The molecule has 24 heavy (non-hydrogen) atoms. The summed E-state index contributed by atoms with van der Waals surface area (Å²) >= 11 is 6.75. The summed E-state index contributed by atoms with van der Waals surface area (Å²) in [6, 6.07) is 19.3. The Balaban J connectivity index is 1.83. The number of ketones is 1. The first kappa shape index (κ1) is 17.2. The number of carbonyl (C=O) groups excluding carboxylic acids is 1. The number of rotatable bonds is 6. The van der Waals surface area contributed by atoms with Gasteiger partial charge in [-0.25, -0.2) is 0 Å². The van der Waals surface area contributed by atoms with E-state index in [9.17, 15) is 4.79 Å². The van der Waals surface area contributed by atoms with Crippen molar-refractivity contribution in [2.24, 2.45) is 0 Å². The normalized spacial score (nSPS) is 18.0. The largest absolute Gasteiger partial charge is 0.303 e. The zero-order chi connectivity index (χ0) is 16.8. The van der Waals surface area contributed by atoms with E-state index in [-0.39, 0.29) is 11.2 Å². The van der Waals surface area contributed by atoms with Gasteiger partial charge in [-0.05, 0) is 18.4 Å².